The largest absolute Gasteiger partial charge is 0.383 e. The molecule has 1 aliphatic rings. The average Bonchev–Trinajstić information content (AvgIpc) is 2.82. The molecule has 1 N–H and O–H groups in total. The fourth-order valence-corrected chi connectivity index (χ4v) is 6.94. The van der Waals surface area contributed by atoms with Gasteiger partial charge in [0.05, 0.1) is 22.9 Å². The molecule has 0 saturated carbocycles. The average molecular weight is 510 g/mol. The van der Waals surface area contributed by atoms with Crippen molar-refractivity contribution in [2.24, 2.45) is 0 Å². The van der Waals surface area contributed by atoms with E-state index in [1.54, 1.807) is 30.3 Å². The summed E-state index contributed by atoms with van der Waals surface area (Å²) in [7, 11) is -6.35. The Balaban J connectivity index is 1.80. The van der Waals surface area contributed by atoms with E-state index in [1.165, 1.54) is 35.7 Å². The van der Waals surface area contributed by atoms with Gasteiger partial charge in [0, 0.05) is 31.9 Å². The fraction of sp³-hybridized carbons (Fsp3) is 0.435. The maximum Gasteiger partial charge on any atom is 0.243 e. The minimum Gasteiger partial charge on any atom is -0.383 e. The van der Waals surface area contributed by atoms with Crippen LogP contribution in [0.1, 0.15) is 26.2 Å². The van der Waals surface area contributed by atoms with E-state index in [9.17, 15) is 21.6 Å². The Morgan fingerprint density at radius 1 is 1.03 bits per heavy atom. The molecular weight excluding hydrogens is 478 g/mol. The SMILES string of the molecule is COCCN(CC(=O)Nc1ccccc1)S(=O)(=O)c1ccc(S(=O)(=O)N2CCCCC2C)cc1. The van der Waals surface area contributed by atoms with E-state index in [-0.39, 0.29) is 29.0 Å². The molecule has 1 saturated heterocycles. The van der Waals surface area contributed by atoms with Gasteiger partial charge in [-0.15, -0.1) is 0 Å². The highest BCUT2D eigenvalue weighted by Crippen LogP contribution is 2.26. The topological polar surface area (TPSA) is 113 Å². The van der Waals surface area contributed by atoms with Gasteiger partial charge in [0.2, 0.25) is 26.0 Å². The van der Waals surface area contributed by atoms with Crippen LogP contribution in [-0.2, 0) is 29.6 Å². The Hall–Kier alpha value is -2.31. The van der Waals surface area contributed by atoms with Gasteiger partial charge in [0.25, 0.3) is 0 Å². The molecule has 0 aromatic heterocycles. The second-order valence-electron chi connectivity index (χ2n) is 8.18. The van der Waals surface area contributed by atoms with Crippen molar-refractivity contribution >= 4 is 31.6 Å². The van der Waals surface area contributed by atoms with E-state index < -0.39 is 32.5 Å². The van der Waals surface area contributed by atoms with Crippen LogP contribution in [0, 0.1) is 0 Å². The highest BCUT2D eigenvalue weighted by atomic mass is 32.2. The quantitative estimate of drug-likeness (QED) is 0.527. The number of nitrogens with one attached hydrogen (secondary N) is 1. The lowest BCUT2D eigenvalue weighted by atomic mass is 10.1. The lowest BCUT2D eigenvalue weighted by Gasteiger charge is -2.32. The Kier molecular flexibility index (Phi) is 8.83. The first kappa shape index (κ1) is 26.3. The van der Waals surface area contributed by atoms with Gasteiger partial charge in [-0.25, -0.2) is 16.8 Å². The summed E-state index contributed by atoms with van der Waals surface area (Å²) in [5, 5.41) is 2.67. The number of nitrogens with zero attached hydrogens (tertiary/aromatic N) is 2. The first-order valence-corrected chi connectivity index (χ1v) is 14.0. The van der Waals surface area contributed by atoms with Crippen LogP contribution in [0.5, 0.6) is 0 Å². The maximum atomic E-state index is 13.3. The van der Waals surface area contributed by atoms with Crippen LogP contribution in [0.3, 0.4) is 0 Å². The van der Waals surface area contributed by atoms with Gasteiger partial charge in [-0.1, -0.05) is 24.6 Å². The summed E-state index contributed by atoms with van der Waals surface area (Å²) in [6, 6.07) is 13.8. The number of carbonyl (C=O) groups excluding carboxylic acids is 1. The molecule has 11 heteroatoms. The van der Waals surface area contributed by atoms with E-state index in [4.69, 9.17) is 4.74 Å². The molecule has 9 nitrogen and oxygen atoms in total. The lowest BCUT2D eigenvalue weighted by Crippen LogP contribution is -2.42. The molecule has 1 aliphatic heterocycles. The number of methoxy groups -OCH3 is 1. The number of piperidine rings is 1. The Morgan fingerprint density at radius 2 is 1.68 bits per heavy atom. The third-order valence-electron chi connectivity index (χ3n) is 5.73. The number of hydrogen-bond donors (Lipinski definition) is 1. The van der Waals surface area contributed by atoms with Crippen LogP contribution in [0.4, 0.5) is 5.69 Å². The summed E-state index contributed by atoms with van der Waals surface area (Å²) >= 11 is 0. The summed E-state index contributed by atoms with van der Waals surface area (Å²) in [5.74, 6) is -0.496. The van der Waals surface area contributed by atoms with Gasteiger partial charge in [-0.3, -0.25) is 4.79 Å². The minimum absolute atomic E-state index is 0.0353. The molecule has 186 valence electrons. The van der Waals surface area contributed by atoms with Crippen molar-refractivity contribution in [2.45, 2.75) is 42.0 Å². The predicted octanol–water partition coefficient (Wildman–Crippen LogP) is 2.53. The molecule has 0 radical (unpaired) electrons. The van der Waals surface area contributed by atoms with Crippen molar-refractivity contribution in [1.82, 2.24) is 8.61 Å². The normalized spacial score (nSPS) is 17.6. The molecule has 0 bridgehead atoms. The summed E-state index contributed by atoms with van der Waals surface area (Å²) < 4.78 is 60.2. The lowest BCUT2D eigenvalue weighted by molar-refractivity contribution is -0.116. The number of hydrogen-bond acceptors (Lipinski definition) is 6. The predicted molar refractivity (Wildman–Crippen MR) is 129 cm³/mol. The Morgan fingerprint density at radius 3 is 2.29 bits per heavy atom. The number of sulfonamides is 2. The van der Waals surface area contributed by atoms with Crippen molar-refractivity contribution in [3.05, 3.63) is 54.6 Å². The maximum absolute atomic E-state index is 13.3. The van der Waals surface area contributed by atoms with E-state index in [0.717, 1.165) is 23.6 Å². The number of para-hydroxylation sites is 1. The second kappa shape index (κ2) is 11.4. The zero-order valence-corrected chi connectivity index (χ0v) is 21.0. The number of ether oxygens (including phenoxy) is 1. The highest BCUT2D eigenvalue weighted by molar-refractivity contribution is 7.89. The van der Waals surface area contributed by atoms with Crippen LogP contribution in [0.25, 0.3) is 0 Å². The van der Waals surface area contributed by atoms with Crippen molar-refractivity contribution in [2.75, 3.05) is 38.7 Å². The molecule has 2 aromatic carbocycles. The van der Waals surface area contributed by atoms with Crippen molar-refractivity contribution < 1.29 is 26.4 Å². The Bertz CT molecular complexity index is 1170. The van der Waals surface area contributed by atoms with E-state index in [0.29, 0.717) is 12.2 Å². The first-order chi connectivity index (χ1) is 16.2. The van der Waals surface area contributed by atoms with Gasteiger partial charge in [-0.2, -0.15) is 8.61 Å². The molecule has 1 atom stereocenters. The van der Waals surface area contributed by atoms with Gasteiger partial charge in [0.15, 0.2) is 0 Å². The van der Waals surface area contributed by atoms with Crippen LogP contribution in [0.15, 0.2) is 64.4 Å². The number of carbonyl (C=O) groups is 1. The number of benzene rings is 2. The van der Waals surface area contributed by atoms with Gasteiger partial charge >= 0.3 is 0 Å². The molecule has 1 unspecified atom stereocenters. The number of amides is 1. The van der Waals surface area contributed by atoms with Gasteiger partial charge in [0.1, 0.15) is 0 Å². The van der Waals surface area contributed by atoms with Crippen LogP contribution < -0.4 is 5.32 Å². The zero-order chi connectivity index (χ0) is 24.8. The van der Waals surface area contributed by atoms with Crippen LogP contribution >= 0.6 is 0 Å². The monoisotopic (exact) mass is 509 g/mol. The molecule has 3 rings (SSSR count). The van der Waals surface area contributed by atoms with E-state index in [1.807, 2.05) is 6.92 Å². The minimum atomic E-state index is -4.07. The van der Waals surface area contributed by atoms with Crippen molar-refractivity contribution in [1.29, 1.82) is 0 Å². The van der Waals surface area contributed by atoms with Gasteiger partial charge in [-0.05, 0) is 56.2 Å². The number of anilines is 1. The second-order valence-corrected chi connectivity index (χ2v) is 12.0. The summed E-state index contributed by atoms with van der Waals surface area (Å²) in [6.07, 6.45) is 2.58. The summed E-state index contributed by atoms with van der Waals surface area (Å²) in [4.78, 5) is 12.5. The number of rotatable bonds is 10. The molecule has 1 fully saturated rings. The summed E-state index contributed by atoms with van der Waals surface area (Å²) in [6.45, 7) is 1.98. The van der Waals surface area contributed by atoms with Crippen molar-refractivity contribution in [3.63, 3.8) is 0 Å². The molecule has 0 aliphatic carbocycles. The molecule has 1 heterocycles. The van der Waals surface area contributed by atoms with Crippen LogP contribution in [0.2, 0.25) is 0 Å². The van der Waals surface area contributed by atoms with E-state index in [2.05, 4.69) is 5.32 Å². The standard InChI is InChI=1S/C23H31N3O6S2/c1-19-8-6-7-15-26(19)34(30,31)22-13-11-21(12-14-22)33(28,29)25(16-17-32-2)18-23(27)24-20-9-4-3-5-10-20/h3-5,9-14,19H,6-8,15-18H2,1-2H3,(H,24,27). The highest BCUT2D eigenvalue weighted by Gasteiger charge is 2.32. The molecule has 2 aromatic rings. The Labute approximate surface area is 201 Å². The molecular formula is C23H31N3O6S2. The zero-order valence-electron chi connectivity index (χ0n) is 19.4. The third-order valence-corrected chi connectivity index (χ3v) is 9.62. The smallest absolute Gasteiger partial charge is 0.243 e. The van der Waals surface area contributed by atoms with Gasteiger partial charge < -0.3 is 10.1 Å². The summed E-state index contributed by atoms with van der Waals surface area (Å²) in [5.41, 5.74) is 0.554. The van der Waals surface area contributed by atoms with E-state index >= 15 is 0 Å². The molecule has 0 spiro atoms. The first-order valence-electron chi connectivity index (χ1n) is 11.1. The third kappa shape index (κ3) is 6.22. The fourth-order valence-electron chi connectivity index (χ4n) is 3.86. The molecule has 34 heavy (non-hydrogen) atoms. The van der Waals surface area contributed by atoms with Crippen LogP contribution in [-0.4, -0.2) is 70.7 Å². The molecule has 1 amide bonds. The van der Waals surface area contributed by atoms with Crippen molar-refractivity contribution in [3.8, 4) is 0 Å².